The summed E-state index contributed by atoms with van der Waals surface area (Å²) in [5.41, 5.74) is 9.51. The molecule has 1 heterocycles. The van der Waals surface area contributed by atoms with Crippen molar-refractivity contribution in [1.82, 2.24) is 4.90 Å². The van der Waals surface area contributed by atoms with Gasteiger partial charge in [0, 0.05) is 24.9 Å². The molecule has 1 fully saturated rings. The molecule has 1 aromatic rings. The lowest BCUT2D eigenvalue weighted by Gasteiger charge is -2.32. The van der Waals surface area contributed by atoms with Crippen molar-refractivity contribution in [3.63, 3.8) is 0 Å². The van der Waals surface area contributed by atoms with Gasteiger partial charge in [0.05, 0.1) is 6.10 Å². The monoisotopic (exact) mass is 274 g/mol. The number of ether oxygens (including phenoxy) is 1. The van der Waals surface area contributed by atoms with Crippen molar-refractivity contribution < 1.29 is 9.53 Å². The Balaban J connectivity index is 1.97. The van der Waals surface area contributed by atoms with Gasteiger partial charge in [0.15, 0.2) is 6.23 Å². The zero-order valence-corrected chi connectivity index (χ0v) is 11.5. The average molecular weight is 274 g/mol. The maximum absolute atomic E-state index is 11.3. The molecule has 1 aliphatic heterocycles. The summed E-state index contributed by atoms with van der Waals surface area (Å²) < 4.78 is 5.89. The van der Waals surface area contributed by atoms with Gasteiger partial charge in [-0.05, 0) is 23.9 Å². The molecular formula is C14H18N4O2. The summed E-state index contributed by atoms with van der Waals surface area (Å²) in [6.07, 6.45) is 0.949. The minimum Gasteiger partial charge on any atom is -0.364 e. The van der Waals surface area contributed by atoms with Crippen molar-refractivity contribution >= 4 is 5.91 Å². The smallest absolute Gasteiger partial charge is 0.219 e. The minimum atomic E-state index is -0.602. The third-order valence-electron chi connectivity index (χ3n) is 3.45. The second-order valence-electron chi connectivity index (χ2n) is 4.81. The van der Waals surface area contributed by atoms with Crippen LogP contribution in [0.4, 0.5) is 0 Å². The molecule has 106 valence electrons. The molecule has 20 heavy (non-hydrogen) atoms. The first kappa shape index (κ1) is 14.4. The van der Waals surface area contributed by atoms with Crippen molar-refractivity contribution in [3.05, 3.63) is 46.3 Å². The maximum atomic E-state index is 11.3. The normalized spacial score (nSPS) is 17.4. The molecule has 6 heteroatoms. The van der Waals surface area contributed by atoms with Crippen LogP contribution in [-0.4, -0.2) is 30.0 Å². The maximum Gasteiger partial charge on any atom is 0.219 e. The molecule has 0 aliphatic carbocycles. The highest BCUT2D eigenvalue weighted by molar-refractivity contribution is 5.73. The molecule has 0 spiro atoms. The lowest BCUT2D eigenvalue weighted by Crippen LogP contribution is -2.39. The summed E-state index contributed by atoms with van der Waals surface area (Å²) in [6.45, 7) is 2.96. The summed E-state index contributed by atoms with van der Waals surface area (Å²) in [7, 11) is 0. The van der Waals surface area contributed by atoms with Crippen molar-refractivity contribution in [1.29, 1.82) is 0 Å². The fourth-order valence-electron chi connectivity index (χ4n) is 2.33. The van der Waals surface area contributed by atoms with Gasteiger partial charge in [-0.2, -0.15) is 0 Å². The lowest BCUT2D eigenvalue weighted by molar-refractivity contribution is -0.132. The third kappa shape index (κ3) is 3.73. The van der Waals surface area contributed by atoms with Crippen LogP contribution in [0, 0.1) is 0 Å². The molecule has 6 nitrogen and oxygen atoms in total. The first-order valence-electron chi connectivity index (χ1n) is 6.71. The van der Waals surface area contributed by atoms with Gasteiger partial charge >= 0.3 is 0 Å². The predicted molar refractivity (Wildman–Crippen MR) is 74.7 cm³/mol. The number of nitrogens with zero attached hydrogens (tertiary/aromatic N) is 4. The summed E-state index contributed by atoms with van der Waals surface area (Å²) in [5.74, 6) is 0.0955. The largest absolute Gasteiger partial charge is 0.364 e. The molecule has 0 radical (unpaired) electrons. The van der Waals surface area contributed by atoms with Crippen LogP contribution < -0.4 is 0 Å². The Morgan fingerprint density at radius 3 is 2.60 bits per heavy atom. The molecule has 2 rings (SSSR count). The van der Waals surface area contributed by atoms with E-state index in [-0.39, 0.29) is 12.0 Å². The van der Waals surface area contributed by atoms with E-state index in [1.54, 1.807) is 6.92 Å². The van der Waals surface area contributed by atoms with Crippen LogP contribution in [-0.2, 0) is 9.53 Å². The van der Waals surface area contributed by atoms with E-state index in [2.05, 4.69) is 10.0 Å². The van der Waals surface area contributed by atoms with Gasteiger partial charge in [0.25, 0.3) is 0 Å². The van der Waals surface area contributed by atoms with Crippen LogP contribution in [0.15, 0.2) is 35.4 Å². The average Bonchev–Trinajstić information content (AvgIpc) is 2.48. The summed E-state index contributed by atoms with van der Waals surface area (Å²) in [4.78, 5) is 15.9. The standard InChI is InChI=1S/C14H18N4O2/c1-11(19)18-9-7-13(8-10-18)20-14(16-17-15)12-5-3-2-4-6-12/h2-6,13-14H,7-10H2,1H3. The number of rotatable bonds is 4. The van der Waals surface area contributed by atoms with E-state index in [9.17, 15) is 4.79 Å². The molecule has 0 aromatic heterocycles. The highest BCUT2D eigenvalue weighted by Crippen LogP contribution is 2.25. The van der Waals surface area contributed by atoms with Gasteiger partial charge in [0.2, 0.25) is 5.91 Å². The Labute approximate surface area is 118 Å². The van der Waals surface area contributed by atoms with Crippen molar-refractivity contribution in [3.8, 4) is 0 Å². The summed E-state index contributed by atoms with van der Waals surface area (Å²) >= 11 is 0. The van der Waals surface area contributed by atoms with Gasteiger partial charge in [-0.1, -0.05) is 35.4 Å². The van der Waals surface area contributed by atoms with Crippen LogP contribution >= 0.6 is 0 Å². The van der Waals surface area contributed by atoms with Gasteiger partial charge < -0.3 is 9.64 Å². The molecule has 0 N–H and O–H groups in total. The molecule has 1 saturated heterocycles. The van der Waals surface area contributed by atoms with Gasteiger partial charge in [-0.25, -0.2) is 0 Å². The summed E-state index contributed by atoms with van der Waals surface area (Å²) in [6, 6.07) is 9.43. The Morgan fingerprint density at radius 2 is 2.05 bits per heavy atom. The molecule has 1 unspecified atom stereocenters. The number of likely N-dealkylation sites (tertiary alicyclic amines) is 1. The van der Waals surface area contributed by atoms with Crippen molar-refractivity contribution in [2.45, 2.75) is 32.1 Å². The number of carbonyl (C=O) groups excluding carboxylic acids is 1. The van der Waals surface area contributed by atoms with Crippen LogP contribution in [0.1, 0.15) is 31.6 Å². The number of hydrogen-bond donors (Lipinski definition) is 0. The number of piperidine rings is 1. The minimum absolute atomic E-state index is 0.0151. The second kappa shape index (κ2) is 6.93. The lowest BCUT2D eigenvalue weighted by atomic mass is 10.1. The van der Waals surface area contributed by atoms with Crippen molar-refractivity contribution in [2.75, 3.05) is 13.1 Å². The van der Waals surface area contributed by atoms with E-state index in [4.69, 9.17) is 10.3 Å². The van der Waals surface area contributed by atoms with Gasteiger partial charge in [-0.15, -0.1) is 0 Å². The van der Waals surface area contributed by atoms with Gasteiger partial charge in [0.1, 0.15) is 0 Å². The molecule has 1 amide bonds. The molecule has 1 atom stereocenters. The number of azide groups is 1. The number of carbonyl (C=O) groups is 1. The Kier molecular flexibility index (Phi) is 4.98. The SMILES string of the molecule is CC(=O)N1CCC(OC(N=[N+]=[N-])c2ccccc2)CC1. The molecule has 1 aliphatic rings. The Morgan fingerprint density at radius 1 is 1.40 bits per heavy atom. The molecule has 0 bridgehead atoms. The van der Waals surface area contributed by atoms with E-state index in [1.807, 2.05) is 35.2 Å². The van der Waals surface area contributed by atoms with Crippen LogP contribution in [0.3, 0.4) is 0 Å². The zero-order valence-electron chi connectivity index (χ0n) is 11.5. The highest BCUT2D eigenvalue weighted by Gasteiger charge is 2.24. The van der Waals surface area contributed by atoms with Crippen LogP contribution in [0.5, 0.6) is 0 Å². The fourth-order valence-corrected chi connectivity index (χ4v) is 2.33. The number of benzene rings is 1. The molecule has 0 saturated carbocycles. The second-order valence-corrected chi connectivity index (χ2v) is 4.81. The zero-order chi connectivity index (χ0) is 14.4. The van der Waals surface area contributed by atoms with E-state index < -0.39 is 6.23 Å². The van der Waals surface area contributed by atoms with Crippen molar-refractivity contribution in [2.24, 2.45) is 5.11 Å². The van der Waals surface area contributed by atoms with Gasteiger partial charge in [-0.3, -0.25) is 4.79 Å². The number of hydrogen-bond acceptors (Lipinski definition) is 3. The van der Waals surface area contributed by atoms with Crippen LogP contribution in [0.2, 0.25) is 0 Å². The van der Waals surface area contributed by atoms with E-state index in [1.165, 1.54) is 0 Å². The number of amides is 1. The molecular weight excluding hydrogens is 256 g/mol. The topological polar surface area (TPSA) is 78.3 Å². The van der Waals surface area contributed by atoms with E-state index >= 15 is 0 Å². The molecule has 1 aromatic carbocycles. The fraction of sp³-hybridized carbons (Fsp3) is 0.500. The van der Waals surface area contributed by atoms with Crippen LogP contribution in [0.25, 0.3) is 10.4 Å². The predicted octanol–water partition coefficient (Wildman–Crippen LogP) is 3.02. The first-order valence-corrected chi connectivity index (χ1v) is 6.71. The summed E-state index contributed by atoms with van der Waals surface area (Å²) in [5, 5.41) is 3.72. The Bertz CT molecular complexity index is 491. The van der Waals surface area contributed by atoms with E-state index in [0.29, 0.717) is 13.1 Å². The quantitative estimate of drug-likeness (QED) is 0.480. The highest BCUT2D eigenvalue weighted by atomic mass is 16.5. The Hall–Kier alpha value is -2.04. The third-order valence-corrected chi connectivity index (χ3v) is 3.45. The first-order chi connectivity index (χ1) is 9.70. The van der Waals surface area contributed by atoms with E-state index in [0.717, 1.165) is 18.4 Å².